The van der Waals surface area contributed by atoms with Crippen molar-refractivity contribution in [3.8, 4) is 0 Å². The van der Waals surface area contributed by atoms with Crippen molar-refractivity contribution in [1.82, 2.24) is 9.88 Å². The Labute approximate surface area is 179 Å². The number of fused-ring (bicyclic) bond motifs is 1. The van der Waals surface area contributed by atoms with E-state index in [-0.39, 0.29) is 0 Å². The number of aromatic nitrogens is 1. The van der Waals surface area contributed by atoms with E-state index in [0.717, 1.165) is 51.1 Å². The van der Waals surface area contributed by atoms with Gasteiger partial charge in [0.25, 0.3) is 0 Å². The van der Waals surface area contributed by atoms with Gasteiger partial charge < -0.3 is 0 Å². The Morgan fingerprint density at radius 1 is 1.14 bits per heavy atom. The lowest BCUT2D eigenvalue weighted by atomic mass is 9.87. The zero-order chi connectivity index (χ0) is 20.1. The highest BCUT2D eigenvalue weighted by Crippen LogP contribution is 2.34. The van der Waals surface area contributed by atoms with Gasteiger partial charge in [-0.25, -0.2) is 0 Å². The third-order valence-electron chi connectivity index (χ3n) is 5.83. The first kappa shape index (κ1) is 20.2. The topological polar surface area (TPSA) is 16.1 Å². The molecule has 0 bridgehead atoms. The predicted molar refractivity (Wildman–Crippen MR) is 126 cm³/mol. The van der Waals surface area contributed by atoms with E-state index in [0.29, 0.717) is 0 Å². The number of nitrogens with zero attached hydrogens (tertiary/aromatic N) is 2. The summed E-state index contributed by atoms with van der Waals surface area (Å²) in [6.07, 6.45) is 8.58. The highest BCUT2D eigenvalue weighted by Gasteiger charge is 2.19. The van der Waals surface area contributed by atoms with E-state index < -0.39 is 0 Å². The van der Waals surface area contributed by atoms with Crippen LogP contribution in [0.2, 0.25) is 0 Å². The second kappa shape index (κ2) is 9.60. The second-order valence-electron chi connectivity index (χ2n) is 8.15. The maximum absolute atomic E-state index is 4.55. The molecule has 150 valence electrons. The summed E-state index contributed by atoms with van der Waals surface area (Å²) in [6.45, 7) is 9.62. The molecule has 3 heterocycles. The Bertz CT molecular complexity index is 931. The molecule has 29 heavy (non-hydrogen) atoms. The SMILES string of the molecule is C=C1CSC=CCC(=C2CCN(Cc3cc(C)ccn3)CC2)c2ccccc2C1. The van der Waals surface area contributed by atoms with Crippen molar-refractivity contribution >= 4 is 17.3 Å². The molecule has 2 aromatic rings. The summed E-state index contributed by atoms with van der Waals surface area (Å²) in [6, 6.07) is 13.2. The minimum absolute atomic E-state index is 0.956. The molecule has 1 aromatic carbocycles. The zero-order valence-electron chi connectivity index (χ0n) is 17.4. The van der Waals surface area contributed by atoms with Gasteiger partial charge in [-0.05, 0) is 72.4 Å². The summed E-state index contributed by atoms with van der Waals surface area (Å²) in [5.41, 5.74) is 9.82. The summed E-state index contributed by atoms with van der Waals surface area (Å²) in [5, 5.41) is 2.26. The predicted octanol–water partition coefficient (Wildman–Crippen LogP) is 6.19. The molecule has 2 aliphatic rings. The fourth-order valence-electron chi connectivity index (χ4n) is 4.33. The molecule has 0 unspecified atom stereocenters. The van der Waals surface area contributed by atoms with Crippen LogP contribution in [0.3, 0.4) is 0 Å². The fraction of sp³-hybridized carbons (Fsp3) is 0.346. The second-order valence-corrected chi connectivity index (χ2v) is 9.05. The molecular weight excluding hydrogens is 372 g/mol. The van der Waals surface area contributed by atoms with Gasteiger partial charge in [0, 0.05) is 31.6 Å². The van der Waals surface area contributed by atoms with E-state index in [4.69, 9.17) is 0 Å². The highest BCUT2D eigenvalue weighted by atomic mass is 32.2. The van der Waals surface area contributed by atoms with Gasteiger partial charge in [-0.2, -0.15) is 0 Å². The van der Waals surface area contributed by atoms with Crippen molar-refractivity contribution in [2.45, 2.75) is 39.2 Å². The zero-order valence-corrected chi connectivity index (χ0v) is 18.2. The first-order chi connectivity index (χ1) is 14.2. The first-order valence-electron chi connectivity index (χ1n) is 10.6. The minimum Gasteiger partial charge on any atom is -0.297 e. The van der Waals surface area contributed by atoms with E-state index in [1.54, 1.807) is 11.1 Å². The molecule has 0 N–H and O–H groups in total. The Balaban J connectivity index is 1.55. The van der Waals surface area contributed by atoms with Crippen LogP contribution in [-0.2, 0) is 13.0 Å². The average Bonchev–Trinajstić information content (AvgIpc) is 2.72. The lowest BCUT2D eigenvalue weighted by Gasteiger charge is -2.30. The van der Waals surface area contributed by atoms with Gasteiger partial charge in [-0.1, -0.05) is 48.1 Å². The Morgan fingerprint density at radius 3 is 2.79 bits per heavy atom. The number of rotatable bonds is 2. The Hall–Kier alpha value is -2.10. The summed E-state index contributed by atoms with van der Waals surface area (Å²) in [5.74, 6) is 1.01. The van der Waals surface area contributed by atoms with Crippen molar-refractivity contribution in [2.75, 3.05) is 18.8 Å². The number of pyridine rings is 1. The number of benzene rings is 1. The van der Waals surface area contributed by atoms with E-state index >= 15 is 0 Å². The van der Waals surface area contributed by atoms with Gasteiger partial charge in [0.1, 0.15) is 0 Å². The Morgan fingerprint density at radius 2 is 1.97 bits per heavy atom. The minimum atomic E-state index is 0.956. The number of aryl methyl sites for hydroxylation is 1. The van der Waals surface area contributed by atoms with E-state index in [1.165, 1.54) is 28.0 Å². The molecule has 0 saturated carbocycles. The summed E-state index contributed by atoms with van der Waals surface area (Å²) >= 11 is 1.87. The van der Waals surface area contributed by atoms with E-state index in [1.807, 2.05) is 18.0 Å². The molecule has 1 fully saturated rings. The summed E-state index contributed by atoms with van der Waals surface area (Å²) in [4.78, 5) is 7.10. The smallest absolute Gasteiger partial charge is 0.0546 e. The fourth-order valence-corrected chi connectivity index (χ4v) is 5.00. The van der Waals surface area contributed by atoms with Crippen molar-refractivity contribution in [3.63, 3.8) is 0 Å². The lowest BCUT2D eigenvalue weighted by Crippen LogP contribution is -2.31. The maximum Gasteiger partial charge on any atom is 0.0546 e. The van der Waals surface area contributed by atoms with Gasteiger partial charge in [-0.3, -0.25) is 9.88 Å². The van der Waals surface area contributed by atoms with Crippen LogP contribution in [0.5, 0.6) is 0 Å². The molecule has 3 heteroatoms. The normalized spacial score (nSPS) is 18.6. The monoisotopic (exact) mass is 402 g/mol. The lowest BCUT2D eigenvalue weighted by molar-refractivity contribution is 0.245. The van der Waals surface area contributed by atoms with Gasteiger partial charge in [0.15, 0.2) is 0 Å². The number of allylic oxidation sites excluding steroid dienone is 2. The van der Waals surface area contributed by atoms with Gasteiger partial charge in [0.2, 0.25) is 0 Å². The highest BCUT2D eigenvalue weighted by molar-refractivity contribution is 8.02. The molecular formula is C26H30N2S. The molecule has 1 saturated heterocycles. The summed E-state index contributed by atoms with van der Waals surface area (Å²) < 4.78 is 0. The van der Waals surface area contributed by atoms with Crippen molar-refractivity contribution in [1.29, 1.82) is 0 Å². The van der Waals surface area contributed by atoms with E-state index in [2.05, 4.69) is 71.3 Å². The van der Waals surface area contributed by atoms with Crippen molar-refractivity contribution in [2.24, 2.45) is 0 Å². The van der Waals surface area contributed by atoms with Crippen LogP contribution >= 0.6 is 11.8 Å². The largest absolute Gasteiger partial charge is 0.297 e. The molecule has 0 atom stereocenters. The van der Waals surface area contributed by atoms with Crippen LogP contribution in [0.15, 0.2) is 71.8 Å². The molecule has 4 rings (SSSR count). The molecule has 2 aliphatic heterocycles. The number of hydrogen-bond acceptors (Lipinski definition) is 3. The average molecular weight is 403 g/mol. The quantitative estimate of drug-likeness (QED) is 0.557. The number of likely N-dealkylation sites (tertiary alicyclic amines) is 1. The van der Waals surface area contributed by atoms with Crippen LogP contribution < -0.4 is 0 Å². The van der Waals surface area contributed by atoms with Gasteiger partial charge >= 0.3 is 0 Å². The van der Waals surface area contributed by atoms with Crippen LogP contribution in [-0.4, -0.2) is 28.7 Å². The molecule has 0 amide bonds. The molecule has 1 aromatic heterocycles. The molecule has 2 nitrogen and oxygen atoms in total. The van der Waals surface area contributed by atoms with Crippen molar-refractivity contribution in [3.05, 3.63) is 94.2 Å². The maximum atomic E-state index is 4.55. The molecule has 0 spiro atoms. The van der Waals surface area contributed by atoms with Crippen LogP contribution in [0.25, 0.3) is 5.57 Å². The van der Waals surface area contributed by atoms with Gasteiger partial charge in [-0.15, -0.1) is 11.8 Å². The van der Waals surface area contributed by atoms with Crippen LogP contribution in [0.1, 0.15) is 41.6 Å². The molecule has 0 radical (unpaired) electrons. The number of thioether (sulfide) groups is 1. The number of hydrogen-bond donors (Lipinski definition) is 0. The summed E-state index contributed by atoms with van der Waals surface area (Å²) in [7, 11) is 0. The third-order valence-corrected chi connectivity index (χ3v) is 6.79. The third kappa shape index (κ3) is 5.29. The first-order valence-corrected chi connectivity index (χ1v) is 11.6. The Kier molecular flexibility index (Phi) is 6.68. The van der Waals surface area contributed by atoms with Crippen molar-refractivity contribution < 1.29 is 0 Å². The van der Waals surface area contributed by atoms with E-state index in [9.17, 15) is 0 Å². The van der Waals surface area contributed by atoms with Crippen LogP contribution in [0, 0.1) is 6.92 Å². The number of piperidine rings is 1. The standard InChI is InChI=1S/C26H30N2S/c1-20-9-12-27-24(17-20)18-28-13-10-22(11-14-28)25-8-5-15-29-19-21(2)16-23-6-3-4-7-26(23)25/h3-7,9,12,15,17H,2,8,10-11,13-14,16,18-19H2,1H3. The molecule has 0 aliphatic carbocycles. The van der Waals surface area contributed by atoms with Gasteiger partial charge in [0.05, 0.1) is 5.69 Å². The van der Waals surface area contributed by atoms with Crippen LogP contribution in [0.4, 0.5) is 0 Å².